The van der Waals surface area contributed by atoms with E-state index in [-0.39, 0.29) is 11.8 Å². The Hall–Kier alpha value is -2.64. The maximum absolute atomic E-state index is 9.49. The summed E-state index contributed by atoms with van der Waals surface area (Å²) < 4.78 is 11.1. The van der Waals surface area contributed by atoms with Gasteiger partial charge in [0.2, 0.25) is 5.88 Å². The summed E-state index contributed by atoms with van der Waals surface area (Å²) in [5.41, 5.74) is 8.16. The molecule has 2 aromatic carbocycles. The van der Waals surface area contributed by atoms with Crippen molar-refractivity contribution in [2.24, 2.45) is 5.73 Å². The monoisotopic (exact) mass is 326 g/mol. The lowest BCUT2D eigenvalue weighted by molar-refractivity contribution is 0.334. The van der Waals surface area contributed by atoms with E-state index in [1.54, 1.807) is 18.2 Å². The van der Waals surface area contributed by atoms with Crippen LogP contribution in [0.1, 0.15) is 24.0 Å². The number of ether oxygens (including phenoxy) is 2. The number of nitrogens with two attached hydrogens (primary N) is 1. The molecule has 0 bridgehead atoms. The lowest BCUT2D eigenvalue weighted by Gasteiger charge is -2.26. The van der Waals surface area contributed by atoms with Gasteiger partial charge in [-0.05, 0) is 30.7 Å². The first kappa shape index (κ1) is 15.3. The van der Waals surface area contributed by atoms with E-state index >= 15 is 0 Å². The smallest absolute Gasteiger partial charge is 0.205 e. The molecule has 116 valence electrons. The largest absolute Gasteiger partial charge is 0.494 e. The van der Waals surface area contributed by atoms with Crippen molar-refractivity contribution in [2.75, 3.05) is 6.61 Å². The van der Waals surface area contributed by atoms with Crippen LogP contribution in [0.3, 0.4) is 0 Å². The molecule has 1 atom stereocenters. The van der Waals surface area contributed by atoms with Crippen molar-refractivity contribution in [3.05, 3.63) is 70.1 Å². The van der Waals surface area contributed by atoms with E-state index in [4.69, 9.17) is 26.8 Å². The van der Waals surface area contributed by atoms with Gasteiger partial charge in [-0.25, -0.2) is 0 Å². The first-order valence-corrected chi connectivity index (χ1v) is 7.61. The molecule has 5 heteroatoms. The molecular formula is C18H15ClN2O2. The van der Waals surface area contributed by atoms with Gasteiger partial charge in [-0.1, -0.05) is 29.8 Å². The maximum Gasteiger partial charge on any atom is 0.205 e. The lowest BCUT2D eigenvalue weighted by Crippen LogP contribution is -2.21. The second-order valence-corrected chi connectivity index (χ2v) is 5.55. The van der Waals surface area contributed by atoms with E-state index in [1.165, 1.54) is 0 Å². The topological polar surface area (TPSA) is 68.3 Å². The third kappa shape index (κ3) is 2.84. The molecule has 3 rings (SSSR count). The van der Waals surface area contributed by atoms with Crippen molar-refractivity contribution in [1.29, 1.82) is 5.26 Å². The number of rotatable bonds is 3. The third-order valence-electron chi connectivity index (χ3n) is 3.70. The average molecular weight is 327 g/mol. The summed E-state index contributed by atoms with van der Waals surface area (Å²) in [6, 6.07) is 15.1. The van der Waals surface area contributed by atoms with Crippen molar-refractivity contribution < 1.29 is 9.47 Å². The molecule has 23 heavy (non-hydrogen) atoms. The first-order chi connectivity index (χ1) is 11.1. The van der Waals surface area contributed by atoms with E-state index in [0.717, 1.165) is 11.1 Å². The Labute approximate surface area is 139 Å². The second kappa shape index (κ2) is 6.23. The minimum Gasteiger partial charge on any atom is -0.494 e. The average Bonchev–Trinajstić information content (AvgIpc) is 2.54. The van der Waals surface area contributed by atoms with Crippen LogP contribution in [0.15, 0.2) is 53.9 Å². The van der Waals surface area contributed by atoms with E-state index in [0.29, 0.717) is 28.7 Å². The molecule has 1 unspecified atom stereocenters. The predicted molar refractivity (Wildman–Crippen MR) is 88.4 cm³/mol. The van der Waals surface area contributed by atoms with Crippen LogP contribution in [0.4, 0.5) is 0 Å². The number of benzene rings is 2. The number of hydrogen-bond acceptors (Lipinski definition) is 4. The highest BCUT2D eigenvalue weighted by Crippen LogP contribution is 2.43. The van der Waals surface area contributed by atoms with Crippen molar-refractivity contribution >= 4 is 11.6 Å². The SMILES string of the molecule is CCOc1ccc2c(c1)OC(N)=C(C#N)C2c1ccc(Cl)cc1. The summed E-state index contributed by atoms with van der Waals surface area (Å²) in [7, 11) is 0. The molecule has 0 amide bonds. The molecule has 0 spiro atoms. The molecule has 0 aromatic heterocycles. The molecular weight excluding hydrogens is 312 g/mol. The highest BCUT2D eigenvalue weighted by atomic mass is 35.5. The van der Waals surface area contributed by atoms with Gasteiger partial charge in [0.25, 0.3) is 0 Å². The predicted octanol–water partition coefficient (Wildman–Crippen LogP) is 3.96. The molecule has 0 saturated heterocycles. The molecule has 0 saturated carbocycles. The highest BCUT2D eigenvalue weighted by molar-refractivity contribution is 6.30. The van der Waals surface area contributed by atoms with Gasteiger partial charge in [0, 0.05) is 16.7 Å². The number of nitriles is 1. The summed E-state index contributed by atoms with van der Waals surface area (Å²) in [6.45, 7) is 2.48. The molecule has 0 fully saturated rings. The first-order valence-electron chi connectivity index (χ1n) is 7.23. The second-order valence-electron chi connectivity index (χ2n) is 5.11. The lowest BCUT2D eigenvalue weighted by atomic mass is 9.83. The van der Waals surface area contributed by atoms with E-state index < -0.39 is 0 Å². The Morgan fingerprint density at radius 2 is 2.00 bits per heavy atom. The fourth-order valence-corrected chi connectivity index (χ4v) is 2.82. The van der Waals surface area contributed by atoms with Crippen LogP contribution < -0.4 is 15.2 Å². The van der Waals surface area contributed by atoms with Gasteiger partial charge in [0.15, 0.2) is 0 Å². The molecule has 1 aliphatic rings. The van der Waals surface area contributed by atoms with Gasteiger partial charge < -0.3 is 15.2 Å². The van der Waals surface area contributed by atoms with Crippen LogP contribution in [-0.2, 0) is 0 Å². The van der Waals surface area contributed by atoms with Gasteiger partial charge in [0.05, 0.1) is 12.5 Å². The maximum atomic E-state index is 9.49. The van der Waals surface area contributed by atoms with Crippen LogP contribution in [0.5, 0.6) is 11.5 Å². The van der Waals surface area contributed by atoms with Crippen LogP contribution in [-0.4, -0.2) is 6.61 Å². The Morgan fingerprint density at radius 1 is 1.26 bits per heavy atom. The minimum absolute atomic E-state index is 0.119. The zero-order chi connectivity index (χ0) is 16.4. The molecule has 1 aliphatic heterocycles. The van der Waals surface area contributed by atoms with Gasteiger partial charge >= 0.3 is 0 Å². The van der Waals surface area contributed by atoms with Crippen molar-refractivity contribution in [3.63, 3.8) is 0 Å². The van der Waals surface area contributed by atoms with Crippen LogP contribution in [0, 0.1) is 11.3 Å². The molecule has 0 radical (unpaired) electrons. The molecule has 2 N–H and O–H groups in total. The van der Waals surface area contributed by atoms with Crippen molar-refractivity contribution in [2.45, 2.75) is 12.8 Å². The molecule has 4 nitrogen and oxygen atoms in total. The summed E-state index contributed by atoms with van der Waals surface area (Å²) in [4.78, 5) is 0. The third-order valence-corrected chi connectivity index (χ3v) is 3.96. The van der Waals surface area contributed by atoms with Gasteiger partial charge in [-0.15, -0.1) is 0 Å². The molecule has 2 aromatic rings. The molecule has 1 heterocycles. The van der Waals surface area contributed by atoms with E-state index in [1.807, 2.05) is 31.2 Å². The normalized spacial score (nSPS) is 16.3. The Kier molecular flexibility index (Phi) is 4.14. The van der Waals surface area contributed by atoms with Crippen molar-refractivity contribution in [1.82, 2.24) is 0 Å². The van der Waals surface area contributed by atoms with Crippen LogP contribution in [0.25, 0.3) is 0 Å². The minimum atomic E-state index is -0.281. The number of fused-ring (bicyclic) bond motifs is 1. The fourth-order valence-electron chi connectivity index (χ4n) is 2.69. The summed E-state index contributed by atoms with van der Waals surface area (Å²) >= 11 is 5.96. The fraction of sp³-hybridized carbons (Fsp3) is 0.167. The van der Waals surface area contributed by atoms with Gasteiger partial charge in [-0.3, -0.25) is 0 Å². The van der Waals surface area contributed by atoms with Crippen LogP contribution >= 0.6 is 11.6 Å². The zero-order valence-electron chi connectivity index (χ0n) is 12.5. The number of nitrogens with zero attached hydrogens (tertiary/aromatic N) is 1. The quantitative estimate of drug-likeness (QED) is 0.927. The van der Waals surface area contributed by atoms with E-state index in [2.05, 4.69) is 6.07 Å². The molecule has 0 aliphatic carbocycles. The highest BCUT2D eigenvalue weighted by Gasteiger charge is 2.30. The van der Waals surface area contributed by atoms with Gasteiger partial charge in [0.1, 0.15) is 23.1 Å². The Morgan fingerprint density at radius 3 is 2.65 bits per heavy atom. The summed E-state index contributed by atoms with van der Waals surface area (Å²) in [6.07, 6.45) is 0. The number of hydrogen-bond donors (Lipinski definition) is 1. The van der Waals surface area contributed by atoms with Crippen molar-refractivity contribution in [3.8, 4) is 17.6 Å². The van der Waals surface area contributed by atoms with E-state index in [9.17, 15) is 5.26 Å². The number of allylic oxidation sites excluding steroid dienone is 1. The summed E-state index contributed by atoms with van der Waals surface area (Å²) in [5, 5.41) is 10.1. The Bertz CT molecular complexity index is 807. The zero-order valence-corrected chi connectivity index (χ0v) is 13.3. The Balaban J connectivity index is 2.13. The van der Waals surface area contributed by atoms with Gasteiger partial charge in [-0.2, -0.15) is 5.26 Å². The standard InChI is InChI=1S/C18H15ClN2O2/c1-2-22-13-7-8-14-16(9-13)23-18(21)15(10-20)17(14)11-3-5-12(19)6-4-11/h3-9,17H,2,21H2,1H3. The van der Waals surface area contributed by atoms with Crippen LogP contribution in [0.2, 0.25) is 5.02 Å². The number of halogens is 1. The summed E-state index contributed by atoms with van der Waals surface area (Å²) in [5.74, 6) is 1.15.